The SMILES string of the molecule is COc1c(C(F)F)ncc(Cl)c1CCl. The van der Waals surface area contributed by atoms with Gasteiger partial charge in [0.25, 0.3) is 6.43 Å². The first-order chi connectivity index (χ1) is 6.61. The zero-order valence-electron chi connectivity index (χ0n) is 7.23. The van der Waals surface area contributed by atoms with Crippen LogP contribution in [0.4, 0.5) is 8.78 Å². The molecule has 6 heteroatoms. The lowest BCUT2D eigenvalue weighted by Gasteiger charge is -2.11. The molecular formula is C8H7Cl2F2NO. The fraction of sp³-hybridized carbons (Fsp3) is 0.375. The van der Waals surface area contributed by atoms with E-state index in [2.05, 4.69) is 4.98 Å². The van der Waals surface area contributed by atoms with Crippen molar-refractivity contribution in [1.82, 2.24) is 4.98 Å². The summed E-state index contributed by atoms with van der Waals surface area (Å²) in [5.74, 6) is -0.0351. The monoisotopic (exact) mass is 241 g/mol. The minimum Gasteiger partial charge on any atom is -0.494 e. The van der Waals surface area contributed by atoms with E-state index in [9.17, 15) is 8.78 Å². The highest BCUT2D eigenvalue weighted by Crippen LogP contribution is 2.34. The number of aromatic nitrogens is 1. The van der Waals surface area contributed by atoms with Crippen LogP contribution < -0.4 is 4.74 Å². The van der Waals surface area contributed by atoms with Gasteiger partial charge in [0, 0.05) is 11.8 Å². The van der Waals surface area contributed by atoms with Crippen LogP contribution >= 0.6 is 23.2 Å². The van der Waals surface area contributed by atoms with E-state index in [0.29, 0.717) is 5.56 Å². The molecule has 0 spiro atoms. The van der Waals surface area contributed by atoms with Crippen LogP contribution in [0.2, 0.25) is 5.02 Å². The summed E-state index contributed by atoms with van der Waals surface area (Å²) in [6.07, 6.45) is -1.56. The molecule has 0 saturated carbocycles. The van der Waals surface area contributed by atoms with Crippen LogP contribution in [0.15, 0.2) is 6.20 Å². The van der Waals surface area contributed by atoms with Gasteiger partial charge in [0.2, 0.25) is 0 Å². The zero-order valence-corrected chi connectivity index (χ0v) is 8.74. The Morgan fingerprint density at radius 3 is 2.64 bits per heavy atom. The Kier molecular flexibility index (Phi) is 3.89. The summed E-state index contributed by atoms with van der Waals surface area (Å²) in [4.78, 5) is 3.49. The van der Waals surface area contributed by atoms with Gasteiger partial charge in [-0.05, 0) is 0 Å². The lowest BCUT2D eigenvalue weighted by atomic mass is 10.2. The summed E-state index contributed by atoms with van der Waals surface area (Å²) in [5.41, 5.74) is -0.103. The molecule has 1 aromatic rings. The molecule has 78 valence electrons. The lowest BCUT2D eigenvalue weighted by Crippen LogP contribution is -2.00. The number of hydrogen-bond donors (Lipinski definition) is 0. The highest BCUT2D eigenvalue weighted by Gasteiger charge is 2.20. The molecule has 0 aliphatic heterocycles. The van der Waals surface area contributed by atoms with Crippen molar-refractivity contribution < 1.29 is 13.5 Å². The second kappa shape index (κ2) is 4.75. The third-order valence-corrected chi connectivity index (χ3v) is 2.25. The molecule has 0 fully saturated rings. The fourth-order valence-electron chi connectivity index (χ4n) is 1.03. The van der Waals surface area contributed by atoms with E-state index in [1.165, 1.54) is 7.11 Å². The summed E-state index contributed by atoms with van der Waals surface area (Å²) in [7, 11) is 1.27. The number of ether oxygens (including phenoxy) is 1. The van der Waals surface area contributed by atoms with Crippen LogP contribution in [0.1, 0.15) is 17.7 Å². The van der Waals surface area contributed by atoms with Gasteiger partial charge in [0.15, 0.2) is 5.75 Å². The van der Waals surface area contributed by atoms with Gasteiger partial charge in [-0.1, -0.05) is 11.6 Å². The van der Waals surface area contributed by atoms with Crippen molar-refractivity contribution in [2.75, 3.05) is 7.11 Å². The molecular weight excluding hydrogens is 235 g/mol. The molecule has 0 amide bonds. The van der Waals surface area contributed by atoms with Gasteiger partial charge in [0.05, 0.1) is 18.0 Å². The number of rotatable bonds is 3. The van der Waals surface area contributed by atoms with Gasteiger partial charge in [-0.25, -0.2) is 13.8 Å². The Hall–Kier alpha value is -0.610. The van der Waals surface area contributed by atoms with Crippen molar-refractivity contribution in [3.8, 4) is 5.75 Å². The van der Waals surface area contributed by atoms with Crippen molar-refractivity contribution in [3.05, 3.63) is 22.5 Å². The highest BCUT2D eigenvalue weighted by molar-refractivity contribution is 6.32. The van der Waals surface area contributed by atoms with E-state index in [-0.39, 0.29) is 16.7 Å². The number of pyridine rings is 1. The van der Waals surface area contributed by atoms with Crippen molar-refractivity contribution in [2.45, 2.75) is 12.3 Å². The molecule has 1 heterocycles. The maximum atomic E-state index is 12.4. The smallest absolute Gasteiger partial charge is 0.284 e. The van der Waals surface area contributed by atoms with Gasteiger partial charge in [-0.15, -0.1) is 11.6 Å². The molecule has 0 atom stereocenters. The van der Waals surface area contributed by atoms with Crippen LogP contribution in [0.5, 0.6) is 5.75 Å². The van der Waals surface area contributed by atoms with Gasteiger partial charge >= 0.3 is 0 Å². The second-order valence-electron chi connectivity index (χ2n) is 2.44. The largest absolute Gasteiger partial charge is 0.494 e. The minimum absolute atomic E-state index is 0.00421. The second-order valence-corrected chi connectivity index (χ2v) is 3.11. The Bertz CT molecular complexity index is 333. The lowest BCUT2D eigenvalue weighted by molar-refractivity contribution is 0.141. The van der Waals surface area contributed by atoms with Crippen LogP contribution in [0.3, 0.4) is 0 Å². The van der Waals surface area contributed by atoms with Crippen molar-refractivity contribution in [1.29, 1.82) is 0 Å². The number of nitrogens with zero attached hydrogens (tertiary/aromatic N) is 1. The Morgan fingerprint density at radius 2 is 2.21 bits per heavy atom. The molecule has 1 rings (SSSR count). The van der Waals surface area contributed by atoms with Gasteiger partial charge < -0.3 is 4.74 Å². The quantitative estimate of drug-likeness (QED) is 0.757. The first-order valence-corrected chi connectivity index (χ1v) is 4.58. The van der Waals surface area contributed by atoms with Crippen molar-refractivity contribution in [2.24, 2.45) is 0 Å². The van der Waals surface area contributed by atoms with Gasteiger partial charge in [-0.2, -0.15) is 0 Å². The molecule has 2 nitrogen and oxygen atoms in total. The predicted octanol–water partition coefficient (Wildman–Crippen LogP) is 3.42. The molecule has 1 aromatic heterocycles. The summed E-state index contributed by atoms with van der Waals surface area (Å²) >= 11 is 11.3. The summed E-state index contributed by atoms with van der Waals surface area (Å²) in [6, 6.07) is 0. The first kappa shape index (κ1) is 11.5. The van der Waals surface area contributed by atoms with Crippen LogP contribution in [-0.4, -0.2) is 12.1 Å². The Balaban J connectivity index is 3.33. The summed E-state index contributed by atoms with van der Waals surface area (Å²) < 4.78 is 29.7. The maximum Gasteiger partial charge on any atom is 0.284 e. The third-order valence-electron chi connectivity index (χ3n) is 1.66. The third kappa shape index (κ3) is 2.07. The molecule has 0 aromatic carbocycles. The number of halogens is 4. The topological polar surface area (TPSA) is 22.1 Å². The predicted molar refractivity (Wildman–Crippen MR) is 50.3 cm³/mol. The number of hydrogen-bond acceptors (Lipinski definition) is 2. The van der Waals surface area contributed by atoms with Crippen LogP contribution in [0, 0.1) is 0 Å². The zero-order chi connectivity index (χ0) is 10.7. The van der Waals surface area contributed by atoms with E-state index in [1.54, 1.807) is 0 Å². The first-order valence-electron chi connectivity index (χ1n) is 3.67. The van der Waals surface area contributed by atoms with Crippen LogP contribution in [-0.2, 0) is 5.88 Å². The van der Waals surface area contributed by atoms with Crippen LogP contribution in [0.25, 0.3) is 0 Å². The highest BCUT2D eigenvalue weighted by atomic mass is 35.5. The van der Waals surface area contributed by atoms with Gasteiger partial charge in [0.1, 0.15) is 5.69 Å². The normalized spacial score (nSPS) is 10.7. The standard InChI is InChI=1S/C8H7Cl2F2NO/c1-14-7-4(2-9)5(10)3-13-6(7)8(11)12/h3,8H,2H2,1H3. The average molecular weight is 242 g/mol. The summed E-state index contributed by atoms with van der Waals surface area (Å²) in [5, 5.41) is 0.223. The number of methoxy groups -OCH3 is 1. The van der Waals surface area contributed by atoms with E-state index in [4.69, 9.17) is 27.9 Å². The average Bonchev–Trinajstić information content (AvgIpc) is 2.16. The molecule has 0 saturated heterocycles. The summed E-state index contributed by atoms with van der Waals surface area (Å²) in [6.45, 7) is 0. The Labute approximate surface area is 89.8 Å². The van der Waals surface area contributed by atoms with Gasteiger partial charge in [-0.3, -0.25) is 0 Å². The molecule has 0 N–H and O–H groups in total. The fourth-order valence-corrected chi connectivity index (χ4v) is 1.57. The maximum absolute atomic E-state index is 12.4. The van der Waals surface area contributed by atoms with E-state index < -0.39 is 12.1 Å². The van der Waals surface area contributed by atoms with Crippen molar-refractivity contribution >= 4 is 23.2 Å². The molecule has 14 heavy (non-hydrogen) atoms. The van der Waals surface area contributed by atoms with E-state index >= 15 is 0 Å². The molecule has 0 aliphatic carbocycles. The molecule has 0 bridgehead atoms. The molecule has 0 aliphatic rings. The van der Waals surface area contributed by atoms with E-state index in [0.717, 1.165) is 6.20 Å². The molecule has 0 radical (unpaired) electrons. The Morgan fingerprint density at radius 1 is 1.57 bits per heavy atom. The minimum atomic E-state index is -2.70. The number of alkyl halides is 3. The molecule has 0 unspecified atom stereocenters. The van der Waals surface area contributed by atoms with Crippen molar-refractivity contribution in [3.63, 3.8) is 0 Å². The van der Waals surface area contributed by atoms with E-state index in [1.807, 2.05) is 0 Å².